The third-order valence-electron chi connectivity index (χ3n) is 3.63. The normalized spacial score (nSPS) is 10.8. The second-order valence-corrected chi connectivity index (χ2v) is 6.57. The first-order chi connectivity index (χ1) is 13.5. The first kappa shape index (κ1) is 19.4. The van der Waals surface area contributed by atoms with Gasteiger partial charge in [-0.2, -0.15) is 5.10 Å². The van der Waals surface area contributed by atoms with E-state index in [1.807, 2.05) is 0 Å². The van der Waals surface area contributed by atoms with Crippen molar-refractivity contribution in [1.82, 2.24) is 20.1 Å². The van der Waals surface area contributed by atoms with E-state index in [1.54, 1.807) is 47.4 Å². The van der Waals surface area contributed by atoms with Crippen LogP contribution in [0.25, 0.3) is 11.8 Å². The first-order valence-electron chi connectivity index (χ1n) is 8.17. The summed E-state index contributed by atoms with van der Waals surface area (Å²) in [6.45, 7) is -0.213. The molecular formula is C19H15BrFN5O2. The number of hydrogen-bond acceptors (Lipinski definition) is 4. The largest absolute Gasteiger partial charge is 0.343 e. The van der Waals surface area contributed by atoms with E-state index in [4.69, 9.17) is 0 Å². The number of rotatable bonds is 6. The van der Waals surface area contributed by atoms with Crippen LogP contribution in [0, 0.1) is 5.82 Å². The van der Waals surface area contributed by atoms with Crippen molar-refractivity contribution in [1.29, 1.82) is 0 Å². The van der Waals surface area contributed by atoms with Crippen LogP contribution >= 0.6 is 15.9 Å². The summed E-state index contributed by atoms with van der Waals surface area (Å²) in [5.74, 6) is -1.33. The van der Waals surface area contributed by atoms with E-state index in [-0.39, 0.29) is 18.0 Å². The zero-order valence-corrected chi connectivity index (χ0v) is 16.1. The van der Waals surface area contributed by atoms with E-state index < -0.39 is 11.7 Å². The number of carbonyl (C=O) groups excluding carboxylic acids is 2. The van der Waals surface area contributed by atoms with Crippen LogP contribution in [-0.4, -0.2) is 33.1 Å². The molecule has 0 aliphatic heterocycles. The van der Waals surface area contributed by atoms with Crippen LogP contribution in [0.15, 0.2) is 65.7 Å². The lowest BCUT2D eigenvalue weighted by Crippen LogP contribution is -2.31. The van der Waals surface area contributed by atoms with Gasteiger partial charge in [-0.1, -0.05) is 15.9 Å². The number of carbonyl (C=O) groups is 2. The van der Waals surface area contributed by atoms with E-state index in [0.29, 0.717) is 10.2 Å². The van der Waals surface area contributed by atoms with Gasteiger partial charge in [0.15, 0.2) is 0 Å². The molecule has 1 heterocycles. The summed E-state index contributed by atoms with van der Waals surface area (Å²) in [5.41, 5.74) is 1.64. The number of amides is 2. The van der Waals surface area contributed by atoms with Gasteiger partial charge in [0.05, 0.1) is 12.2 Å². The molecule has 3 rings (SSSR count). The molecule has 0 saturated heterocycles. The number of nitrogens with one attached hydrogen (secondary N) is 2. The van der Waals surface area contributed by atoms with Gasteiger partial charge in [-0.3, -0.25) is 9.59 Å². The van der Waals surface area contributed by atoms with E-state index in [9.17, 15) is 14.0 Å². The van der Waals surface area contributed by atoms with Crippen molar-refractivity contribution in [2.45, 2.75) is 0 Å². The van der Waals surface area contributed by atoms with Crippen LogP contribution in [-0.2, 0) is 9.59 Å². The first-order valence-corrected chi connectivity index (χ1v) is 8.96. The summed E-state index contributed by atoms with van der Waals surface area (Å²) in [4.78, 5) is 27.6. The molecule has 0 aliphatic carbocycles. The molecular weight excluding hydrogens is 429 g/mol. The fraction of sp³-hybridized carbons (Fsp3) is 0.0526. The zero-order valence-electron chi connectivity index (χ0n) is 14.5. The van der Waals surface area contributed by atoms with Crippen LogP contribution in [0.4, 0.5) is 10.1 Å². The lowest BCUT2D eigenvalue weighted by atomic mass is 10.2. The quantitative estimate of drug-likeness (QED) is 0.573. The van der Waals surface area contributed by atoms with E-state index in [0.717, 1.165) is 5.69 Å². The third kappa shape index (κ3) is 5.34. The summed E-state index contributed by atoms with van der Waals surface area (Å²) in [6, 6.07) is 11.4. The number of benzene rings is 2. The highest BCUT2D eigenvalue weighted by Gasteiger charge is 2.05. The van der Waals surface area contributed by atoms with Crippen molar-refractivity contribution in [3.63, 3.8) is 0 Å². The lowest BCUT2D eigenvalue weighted by molar-refractivity contribution is -0.121. The Morgan fingerprint density at radius 2 is 1.96 bits per heavy atom. The zero-order chi connectivity index (χ0) is 19.9. The number of nitrogens with zero attached hydrogens (tertiary/aromatic N) is 3. The minimum Gasteiger partial charge on any atom is -0.343 e. The maximum Gasteiger partial charge on any atom is 0.244 e. The minimum absolute atomic E-state index is 0.213. The van der Waals surface area contributed by atoms with Crippen molar-refractivity contribution >= 4 is 39.5 Å². The van der Waals surface area contributed by atoms with Gasteiger partial charge in [-0.15, -0.1) is 0 Å². The number of halogens is 2. The average molecular weight is 444 g/mol. The van der Waals surface area contributed by atoms with E-state index in [2.05, 4.69) is 36.6 Å². The van der Waals surface area contributed by atoms with Crippen LogP contribution in [0.2, 0.25) is 0 Å². The SMILES string of the molecule is O=C(/C=C/c1cc(Br)ccc1F)NCC(=O)Nc1ccc(-n2cncn2)cc1. The van der Waals surface area contributed by atoms with Crippen LogP contribution in [0.3, 0.4) is 0 Å². The molecule has 0 bridgehead atoms. The van der Waals surface area contributed by atoms with E-state index in [1.165, 1.54) is 24.5 Å². The molecule has 7 nitrogen and oxygen atoms in total. The van der Waals surface area contributed by atoms with Crippen molar-refractivity contribution in [2.24, 2.45) is 0 Å². The molecule has 142 valence electrons. The Morgan fingerprint density at radius 3 is 2.68 bits per heavy atom. The molecule has 28 heavy (non-hydrogen) atoms. The number of hydrogen-bond donors (Lipinski definition) is 2. The standard InChI is InChI=1S/C19H15BrFN5O2/c20-14-2-7-17(21)13(9-14)1-8-18(27)23-10-19(28)25-15-3-5-16(6-4-15)26-12-22-11-24-26/h1-9,11-12H,10H2,(H,23,27)(H,25,28)/b8-1+. The molecule has 0 saturated carbocycles. The van der Waals surface area contributed by atoms with Crippen LogP contribution < -0.4 is 10.6 Å². The third-order valence-corrected chi connectivity index (χ3v) is 4.12. The highest BCUT2D eigenvalue weighted by molar-refractivity contribution is 9.10. The maximum atomic E-state index is 13.6. The summed E-state index contributed by atoms with van der Waals surface area (Å²) in [6.07, 6.45) is 5.51. The van der Waals surface area contributed by atoms with Gasteiger partial charge >= 0.3 is 0 Å². The Labute approximate surface area is 168 Å². The second-order valence-electron chi connectivity index (χ2n) is 5.65. The van der Waals surface area contributed by atoms with Gasteiger partial charge in [0.1, 0.15) is 18.5 Å². The van der Waals surface area contributed by atoms with Gasteiger partial charge < -0.3 is 10.6 Å². The molecule has 1 aromatic heterocycles. The highest BCUT2D eigenvalue weighted by Crippen LogP contribution is 2.16. The van der Waals surface area contributed by atoms with Gasteiger partial charge in [0, 0.05) is 21.8 Å². The Hall–Kier alpha value is -3.33. The van der Waals surface area contributed by atoms with Crippen molar-refractivity contribution in [3.8, 4) is 5.69 Å². The van der Waals surface area contributed by atoms with E-state index >= 15 is 0 Å². The van der Waals surface area contributed by atoms with Crippen molar-refractivity contribution in [2.75, 3.05) is 11.9 Å². The monoisotopic (exact) mass is 443 g/mol. The molecule has 0 atom stereocenters. The summed E-state index contributed by atoms with van der Waals surface area (Å²) in [5, 5.41) is 9.13. The predicted molar refractivity (Wildman–Crippen MR) is 106 cm³/mol. The van der Waals surface area contributed by atoms with Crippen LogP contribution in [0.5, 0.6) is 0 Å². The van der Waals surface area contributed by atoms with Gasteiger partial charge in [0.25, 0.3) is 0 Å². The van der Waals surface area contributed by atoms with Gasteiger partial charge in [-0.05, 0) is 48.5 Å². The fourth-order valence-corrected chi connectivity index (χ4v) is 2.66. The molecule has 0 fully saturated rings. The molecule has 0 spiro atoms. The molecule has 0 aliphatic rings. The number of anilines is 1. The Bertz CT molecular complexity index is 1000. The fourth-order valence-electron chi connectivity index (χ4n) is 2.28. The molecule has 9 heteroatoms. The predicted octanol–water partition coefficient (Wildman–Crippen LogP) is 2.94. The summed E-state index contributed by atoms with van der Waals surface area (Å²) in [7, 11) is 0. The van der Waals surface area contributed by atoms with Crippen LogP contribution in [0.1, 0.15) is 5.56 Å². The number of aromatic nitrogens is 3. The average Bonchev–Trinajstić information content (AvgIpc) is 3.22. The Kier molecular flexibility index (Phi) is 6.28. The second kappa shape index (κ2) is 9.05. The van der Waals surface area contributed by atoms with Gasteiger partial charge in [0.2, 0.25) is 11.8 Å². The Morgan fingerprint density at radius 1 is 1.18 bits per heavy atom. The summed E-state index contributed by atoms with van der Waals surface area (Å²) < 4.78 is 15.9. The molecule has 0 unspecified atom stereocenters. The summed E-state index contributed by atoms with van der Waals surface area (Å²) >= 11 is 3.24. The topological polar surface area (TPSA) is 88.9 Å². The highest BCUT2D eigenvalue weighted by atomic mass is 79.9. The minimum atomic E-state index is -0.504. The van der Waals surface area contributed by atoms with Crippen molar-refractivity contribution in [3.05, 3.63) is 77.0 Å². The van der Waals surface area contributed by atoms with Gasteiger partial charge in [-0.25, -0.2) is 14.1 Å². The lowest BCUT2D eigenvalue weighted by Gasteiger charge is -2.07. The molecule has 2 aromatic carbocycles. The molecule has 2 N–H and O–H groups in total. The molecule has 2 amide bonds. The molecule has 3 aromatic rings. The maximum absolute atomic E-state index is 13.6. The Balaban J connectivity index is 1.49. The molecule has 0 radical (unpaired) electrons. The smallest absolute Gasteiger partial charge is 0.244 e. The van der Waals surface area contributed by atoms with Crippen molar-refractivity contribution < 1.29 is 14.0 Å².